The van der Waals surface area contributed by atoms with Gasteiger partial charge in [-0.2, -0.15) is 0 Å². The number of ether oxygens (including phenoxy) is 1. The van der Waals surface area contributed by atoms with Gasteiger partial charge in [-0.05, 0) is 73.4 Å². The van der Waals surface area contributed by atoms with Crippen molar-refractivity contribution in [3.05, 3.63) is 71.6 Å². The van der Waals surface area contributed by atoms with Crippen molar-refractivity contribution in [1.29, 1.82) is 0 Å². The van der Waals surface area contributed by atoms with Gasteiger partial charge in [0.25, 0.3) is 5.91 Å². The molecule has 1 N–H and O–H groups in total. The van der Waals surface area contributed by atoms with Crippen LogP contribution in [0.4, 0.5) is 0 Å². The van der Waals surface area contributed by atoms with E-state index in [1.165, 1.54) is 17.8 Å². The zero-order valence-electron chi connectivity index (χ0n) is 17.4. The number of benzene rings is 2. The average molecular weight is 408 g/mol. The Bertz CT molecular complexity index is 900. The molecule has 0 saturated heterocycles. The molecule has 0 radical (unpaired) electrons. The van der Waals surface area contributed by atoms with Crippen LogP contribution in [0.5, 0.6) is 11.5 Å². The van der Waals surface area contributed by atoms with Crippen molar-refractivity contribution < 1.29 is 9.53 Å². The van der Waals surface area contributed by atoms with Gasteiger partial charge in [-0.25, -0.2) is 0 Å². The zero-order valence-corrected chi connectivity index (χ0v) is 18.2. The van der Waals surface area contributed by atoms with Gasteiger partial charge in [-0.3, -0.25) is 4.79 Å². The molecule has 0 saturated carbocycles. The molecule has 0 bridgehead atoms. The number of thiophene rings is 1. The van der Waals surface area contributed by atoms with Gasteiger partial charge >= 0.3 is 0 Å². The summed E-state index contributed by atoms with van der Waals surface area (Å²) in [5, 5.41) is 3.12. The summed E-state index contributed by atoms with van der Waals surface area (Å²) in [6.45, 7) is 6.55. The van der Waals surface area contributed by atoms with Crippen LogP contribution in [0.2, 0.25) is 0 Å². The molecule has 1 unspecified atom stereocenters. The van der Waals surface area contributed by atoms with Crippen molar-refractivity contribution in [2.24, 2.45) is 5.92 Å². The van der Waals surface area contributed by atoms with Crippen molar-refractivity contribution in [1.82, 2.24) is 5.32 Å². The van der Waals surface area contributed by atoms with Gasteiger partial charge in [0.1, 0.15) is 11.5 Å². The van der Waals surface area contributed by atoms with E-state index in [9.17, 15) is 4.79 Å². The highest BCUT2D eigenvalue weighted by atomic mass is 32.1. The second-order valence-corrected chi connectivity index (χ2v) is 8.89. The number of carbonyl (C=O) groups is 1. The van der Waals surface area contributed by atoms with Crippen LogP contribution in [0.1, 0.15) is 49.7 Å². The summed E-state index contributed by atoms with van der Waals surface area (Å²) in [4.78, 5) is 14.4. The van der Waals surface area contributed by atoms with Crippen LogP contribution in [-0.4, -0.2) is 11.9 Å². The first-order valence-corrected chi connectivity index (χ1v) is 11.1. The summed E-state index contributed by atoms with van der Waals surface area (Å²) in [5.41, 5.74) is 1.08. The predicted octanol–water partition coefficient (Wildman–Crippen LogP) is 7.15. The summed E-state index contributed by atoms with van der Waals surface area (Å²) in [7, 11) is 0. The monoisotopic (exact) mass is 407 g/mol. The van der Waals surface area contributed by atoms with Crippen molar-refractivity contribution >= 4 is 17.2 Å². The van der Waals surface area contributed by atoms with Gasteiger partial charge in [0.15, 0.2) is 0 Å². The standard InChI is InChI=1S/C25H29NO2S/c1-18(2)8-7-9-19(3)26-25(27)24-17-16-23(29-24)20-12-14-22(15-13-20)28-21-10-5-4-6-11-21/h4-6,10-19H,7-9H2,1-3H3,(H,26,27). The minimum Gasteiger partial charge on any atom is -0.457 e. The lowest BCUT2D eigenvalue weighted by molar-refractivity contribution is 0.0942. The Labute approximate surface area is 177 Å². The van der Waals surface area contributed by atoms with E-state index in [1.54, 1.807) is 0 Å². The van der Waals surface area contributed by atoms with Crippen LogP contribution < -0.4 is 10.1 Å². The van der Waals surface area contributed by atoms with E-state index in [0.717, 1.165) is 39.7 Å². The third-order valence-electron chi connectivity index (χ3n) is 4.74. The van der Waals surface area contributed by atoms with Crippen LogP contribution in [0.25, 0.3) is 10.4 Å². The number of hydrogen-bond donors (Lipinski definition) is 1. The minimum absolute atomic E-state index is 0.0160. The van der Waals surface area contributed by atoms with E-state index >= 15 is 0 Å². The van der Waals surface area contributed by atoms with Crippen LogP contribution in [-0.2, 0) is 0 Å². The van der Waals surface area contributed by atoms with E-state index in [0.29, 0.717) is 5.92 Å². The number of para-hydroxylation sites is 1. The molecule has 3 nitrogen and oxygen atoms in total. The second-order valence-electron chi connectivity index (χ2n) is 7.80. The molecule has 1 amide bonds. The number of carbonyl (C=O) groups excluding carboxylic acids is 1. The third kappa shape index (κ3) is 6.47. The molecular weight excluding hydrogens is 378 g/mol. The third-order valence-corrected chi connectivity index (χ3v) is 5.88. The molecule has 2 aromatic carbocycles. The topological polar surface area (TPSA) is 38.3 Å². The highest BCUT2D eigenvalue weighted by Crippen LogP contribution is 2.30. The number of rotatable bonds is 9. The molecular formula is C25H29NO2S. The molecule has 4 heteroatoms. The lowest BCUT2D eigenvalue weighted by atomic mass is 10.0. The van der Waals surface area contributed by atoms with Crippen molar-refractivity contribution in [3.63, 3.8) is 0 Å². The molecule has 1 aromatic heterocycles. The van der Waals surface area contributed by atoms with Crippen LogP contribution in [0.15, 0.2) is 66.7 Å². The second kappa shape index (κ2) is 10.3. The summed E-state index contributed by atoms with van der Waals surface area (Å²) in [6, 6.07) is 21.8. The molecule has 0 spiro atoms. The van der Waals surface area contributed by atoms with Gasteiger partial charge in [0, 0.05) is 10.9 Å². The first kappa shape index (κ1) is 21.1. The molecule has 29 heavy (non-hydrogen) atoms. The first-order valence-electron chi connectivity index (χ1n) is 10.3. The fourth-order valence-corrected chi connectivity index (χ4v) is 4.04. The molecule has 0 aliphatic carbocycles. The van der Waals surface area contributed by atoms with Crippen LogP contribution in [0, 0.1) is 5.92 Å². The molecule has 1 heterocycles. The Kier molecular flexibility index (Phi) is 7.48. The van der Waals surface area contributed by atoms with E-state index in [4.69, 9.17) is 4.74 Å². The predicted molar refractivity (Wildman–Crippen MR) is 122 cm³/mol. The maximum atomic E-state index is 12.5. The summed E-state index contributed by atoms with van der Waals surface area (Å²) >= 11 is 1.52. The molecule has 0 fully saturated rings. The van der Waals surface area contributed by atoms with E-state index in [1.807, 2.05) is 66.7 Å². The molecule has 1 atom stereocenters. The summed E-state index contributed by atoms with van der Waals surface area (Å²) in [6.07, 6.45) is 3.37. The fraction of sp³-hybridized carbons (Fsp3) is 0.320. The maximum Gasteiger partial charge on any atom is 0.261 e. The quantitative estimate of drug-likeness (QED) is 0.409. The summed E-state index contributed by atoms with van der Waals surface area (Å²) < 4.78 is 5.84. The Morgan fingerprint density at radius 1 is 0.897 bits per heavy atom. The SMILES string of the molecule is CC(C)CCCC(C)NC(=O)c1ccc(-c2ccc(Oc3ccccc3)cc2)s1. The normalized spacial score (nSPS) is 12.0. The molecule has 152 valence electrons. The van der Waals surface area contributed by atoms with E-state index in [-0.39, 0.29) is 11.9 Å². The van der Waals surface area contributed by atoms with Gasteiger partial charge in [-0.15, -0.1) is 11.3 Å². The number of amides is 1. The largest absolute Gasteiger partial charge is 0.457 e. The fourth-order valence-electron chi connectivity index (χ4n) is 3.13. The lowest BCUT2D eigenvalue weighted by Crippen LogP contribution is -2.31. The van der Waals surface area contributed by atoms with Crippen molar-refractivity contribution in [2.45, 2.75) is 46.1 Å². The lowest BCUT2D eigenvalue weighted by Gasteiger charge is -2.13. The first-order chi connectivity index (χ1) is 14.0. The van der Waals surface area contributed by atoms with E-state index < -0.39 is 0 Å². The molecule has 0 aliphatic heterocycles. The van der Waals surface area contributed by atoms with Crippen molar-refractivity contribution in [2.75, 3.05) is 0 Å². The van der Waals surface area contributed by atoms with E-state index in [2.05, 4.69) is 26.1 Å². The highest BCUT2D eigenvalue weighted by Gasteiger charge is 2.13. The minimum atomic E-state index is 0.0160. The highest BCUT2D eigenvalue weighted by molar-refractivity contribution is 7.17. The van der Waals surface area contributed by atoms with Gasteiger partial charge in [-0.1, -0.05) is 44.9 Å². The smallest absolute Gasteiger partial charge is 0.261 e. The maximum absolute atomic E-state index is 12.5. The number of nitrogens with one attached hydrogen (secondary N) is 1. The van der Waals surface area contributed by atoms with Crippen molar-refractivity contribution in [3.8, 4) is 21.9 Å². The summed E-state index contributed by atoms with van der Waals surface area (Å²) in [5.74, 6) is 2.34. The Morgan fingerprint density at radius 3 is 2.28 bits per heavy atom. The Balaban J connectivity index is 1.57. The molecule has 3 rings (SSSR count). The van der Waals surface area contributed by atoms with Gasteiger partial charge in [0.2, 0.25) is 0 Å². The molecule has 0 aliphatic rings. The van der Waals surface area contributed by atoms with Gasteiger partial charge in [0.05, 0.1) is 4.88 Å². The van der Waals surface area contributed by atoms with Crippen LogP contribution >= 0.6 is 11.3 Å². The zero-order chi connectivity index (χ0) is 20.6. The average Bonchev–Trinajstić information content (AvgIpc) is 3.19. The number of hydrogen-bond acceptors (Lipinski definition) is 3. The Morgan fingerprint density at radius 2 is 1.59 bits per heavy atom. The van der Waals surface area contributed by atoms with Gasteiger partial charge < -0.3 is 10.1 Å². The molecule has 3 aromatic rings. The Hall–Kier alpha value is -2.59. The van der Waals surface area contributed by atoms with Crippen LogP contribution in [0.3, 0.4) is 0 Å².